The van der Waals surface area contributed by atoms with Crippen LogP contribution in [0, 0.1) is 0 Å². The number of aromatic nitrogens is 3. The van der Waals surface area contributed by atoms with E-state index in [1.54, 1.807) is 35.3 Å². The van der Waals surface area contributed by atoms with Crippen LogP contribution in [0.4, 0.5) is 0 Å². The van der Waals surface area contributed by atoms with Gasteiger partial charge in [-0.2, -0.15) is 4.31 Å². The highest BCUT2D eigenvalue weighted by molar-refractivity contribution is 7.89. The van der Waals surface area contributed by atoms with Gasteiger partial charge in [0.1, 0.15) is 4.88 Å². The van der Waals surface area contributed by atoms with E-state index in [-0.39, 0.29) is 15.8 Å². The fourth-order valence-electron chi connectivity index (χ4n) is 3.20. The summed E-state index contributed by atoms with van der Waals surface area (Å²) in [7, 11) is -3.66. The molecule has 1 aliphatic heterocycles. The number of fused-ring (bicyclic) bond motifs is 1. The number of carboxylic acid groups (broad SMARTS) is 1. The number of hydrogen-bond acceptors (Lipinski definition) is 6. The molecule has 0 amide bonds. The van der Waals surface area contributed by atoms with Crippen molar-refractivity contribution in [2.45, 2.75) is 23.8 Å². The average molecular weight is 392 g/mol. The molecule has 1 aromatic carbocycles. The number of benzene rings is 1. The fraction of sp³-hybridized carbons (Fsp3) is 0.312. The predicted molar refractivity (Wildman–Crippen MR) is 95.8 cm³/mol. The van der Waals surface area contributed by atoms with Crippen molar-refractivity contribution in [1.29, 1.82) is 0 Å². The summed E-state index contributed by atoms with van der Waals surface area (Å²) >= 11 is 1.13. The first-order chi connectivity index (χ1) is 12.4. The summed E-state index contributed by atoms with van der Waals surface area (Å²) in [5.74, 6) is -1.01. The van der Waals surface area contributed by atoms with E-state index in [1.165, 1.54) is 10.4 Å². The molecule has 0 spiro atoms. The Kier molecular flexibility index (Phi) is 4.25. The van der Waals surface area contributed by atoms with Crippen molar-refractivity contribution in [1.82, 2.24) is 19.3 Å². The Balaban J connectivity index is 1.65. The minimum atomic E-state index is -3.66. The molecular weight excluding hydrogens is 376 g/mol. The van der Waals surface area contributed by atoms with E-state index < -0.39 is 16.0 Å². The molecule has 8 nitrogen and oxygen atoms in total. The maximum absolute atomic E-state index is 13.1. The first kappa shape index (κ1) is 17.1. The first-order valence-electron chi connectivity index (χ1n) is 8.08. The number of thiophene rings is 1. The summed E-state index contributed by atoms with van der Waals surface area (Å²) in [6.45, 7) is 0.795. The van der Waals surface area contributed by atoms with Crippen molar-refractivity contribution in [3.63, 3.8) is 0 Å². The highest BCUT2D eigenvalue weighted by atomic mass is 32.2. The molecule has 0 radical (unpaired) electrons. The van der Waals surface area contributed by atoms with Gasteiger partial charge < -0.3 is 5.11 Å². The van der Waals surface area contributed by atoms with E-state index in [9.17, 15) is 13.2 Å². The molecule has 2 aromatic heterocycles. The highest BCUT2D eigenvalue weighted by Crippen LogP contribution is 2.31. The molecule has 3 aromatic rings. The minimum absolute atomic E-state index is 0.0375. The zero-order valence-electron chi connectivity index (χ0n) is 13.6. The number of piperidine rings is 1. The minimum Gasteiger partial charge on any atom is -0.477 e. The molecular formula is C16H16N4O4S2. The average Bonchev–Trinajstić information content (AvgIpc) is 3.31. The molecule has 0 bridgehead atoms. The van der Waals surface area contributed by atoms with Crippen LogP contribution in [0.1, 0.15) is 28.6 Å². The van der Waals surface area contributed by atoms with Crippen LogP contribution < -0.4 is 0 Å². The van der Waals surface area contributed by atoms with Crippen LogP contribution >= 0.6 is 11.3 Å². The molecule has 1 fully saturated rings. The third kappa shape index (κ3) is 3.00. The smallest absolute Gasteiger partial charge is 0.345 e. The van der Waals surface area contributed by atoms with Gasteiger partial charge in [-0.25, -0.2) is 17.9 Å². The summed E-state index contributed by atoms with van der Waals surface area (Å²) in [6, 6.07) is 6.23. The van der Waals surface area contributed by atoms with Gasteiger partial charge in [0.2, 0.25) is 10.0 Å². The number of hydrogen-bond donors (Lipinski definition) is 1. The van der Waals surface area contributed by atoms with Crippen LogP contribution in [-0.4, -0.2) is 51.9 Å². The summed E-state index contributed by atoms with van der Waals surface area (Å²) < 4.78 is 30.0. The quantitative estimate of drug-likeness (QED) is 0.730. The highest BCUT2D eigenvalue weighted by Gasteiger charge is 2.31. The third-order valence-corrected chi connectivity index (χ3v) is 7.48. The Morgan fingerprint density at radius 1 is 1.31 bits per heavy atom. The van der Waals surface area contributed by atoms with Gasteiger partial charge in [0.25, 0.3) is 0 Å². The van der Waals surface area contributed by atoms with Gasteiger partial charge in [-0.1, -0.05) is 5.21 Å². The summed E-state index contributed by atoms with van der Waals surface area (Å²) in [5, 5.41) is 17.5. The lowest BCUT2D eigenvalue weighted by molar-refractivity contribution is 0.0702. The van der Waals surface area contributed by atoms with Gasteiger partial charge in [-0.3, -0.25) is 0 Å². The van der Waals surface area contributed by atoms with E-state index in [0.717, 1.165) is 28.9 Å². The van der Waals surface area contributed by atoms with E-state index in [0.29, 0.717) is 18.5 Å². The Morgan fingerprint density at radius 3 is 2.88 bits per heavy atom. The number of sulfonamides is 1. The Hall–Kier alpha value is -2.30. The zero-order valence-corrected chi connectivity index (χ0v) is 15.3. The van der Waals surface area contributed by atoms with Crippen LogP contribution in [0.25, 0.3) is 10.1 Å². The van der Waals surface area contributed by atoms with Gasteiger partial charge in [-0.15, -0.1) is 16.4 Å². The Morgan fingerprint density at radius 2 is 2.15 bits per heavy atom. The van der Waals surface area contributed by atoms with Crippen molar-refractivity contribution < 1.29 is 18.3 Å². The molecule has 0 aliphatic carbocycles. The van der Waals surface area contributed by atoms with Crippen LogP contribution in [0.15, 0.2) is 41.6 Å². The molecule has 3 heterocycles. The molecule has 1 aliphatic rings. The second-order valence-electron chi connectivity index (χ2n) is 6.16. The standard InChI is InChI=1S/C16H16N4O4S2/c21-16(22)15-9-11-8-13(3-4-14(11)25-15)26(23,24)19-6-1-2-12(10-19)20-7-5-17-18-20/h3-5,7-9,12H,1-2,6,10H2,(H,21,22). The topological polar surface area (TPSA) is 105 Å². The predicted octanol–water partition coefficient (Wildman–Crippen LogP) is 2.22. The lowest BCUT2D eigenvalue weighted by Crippen LogP contribution is -2.40. The number of rotatable bonds is 4. The van der Waals surface area contributed by atoms with E-state index in [2.05, 4.69) is 10.3 Å². The van der Waals surface area contributed by atoms with Crippen LogP contribution in [-0.2, 0) is 10.0 Å². The monoisotopic (exact) mass is 392 g/mol. The van der Waals surface area contributed by atoms with Gasteiger partial charge in [-0.05, 0) is 42.5 Å². The van der Waals surface area contributed by atoms with Crippen molar-refractivity contribution in [2.75, 3.05) is 13.1 Å². The van der Waals surface area contributed by atoms with Crippen molar-refractivity contribution in [2.24, 2.45) is 0 Å². The van der Waals surface area contributed by atoms with Gasteiger partial charge in [0, 0.05) is 24.0 Å². The molecule has 1 atom stereocenters. The lowest BCUT2D eigenvalue weighted by Gasteiger charge is -2.31. The molecule has 136 valence electrons. The lowest BCUT2D eigenvalue weighted by atomic mass is 10.1. The van der Waals surface area contributed by atoms with Crippen LogP contribution in [0.5, 0.6) is 0 Å². The molecule has 0 saturated carbocycles. The fourth-order valence-corrected chi connectivity index (χ4v) is 5.64. The molecule has 26 heavy (non-hydrogen) atoms. The maximum Gasteiger partial charge on any atom is 0.345 e. The van der Waals surface area contributed by atoms with Crippen LogP contribution in [0.3, 0.4) is 0 Å². The number of aromatic carboxylic acids is 1. The molecule has 1 N–H and O–H groups in total. The van der Waals surface area contributed by atoms with Gasteiger partial charge in [0.05, 0.1) is 17.1 Å². The molecule has 1 saturated heterocycles. The third-order valence-electron chi connectivity index (χ3n) is 4.51. The summed E-state index contributed by atoms with van der Waals surface area (Å²) in [6.07, 6.45) is 4.91. The Labute approximate surface area is 153 Å². The number of carbonyl (C=O) groups is 1. The van der Waals surface area contributed by atoms with Gasteiger partial charge >= 0.3 is 5.97 Å². The molecule has 10 heteroatoms. The van der Waals surface area contributed by atoms with Crippen molar-refractivity contribution in [3.05, 3.63) is 41.5 Å². The largest absolute Gasteiger partial charge is 0.477 e. The van der Waals surface area contributed by atoms with E-state index in [1.807, 2.05) is 0 Å². The van der Waals surface area contributed by atoms with Crippen molar-refractivity contribution >= 4 is 37.4 Å². The summed E-state index contributed by atoms with van der Waals surface area (Å²) in [5.41, 5.74) is 0. The normalized spacial score (nSPS) is 19.0. The molecule has 1 unspecified atom stereocenters. The van der Waals surface area contributed by atoms with Crippen LogP contribution in [0.2, 0.25) is 0 Å². The first-order valence-corrected chi connectivity index (χ1v) is 10.3. The second-order valence-corrected chi connectivity index (χ2v) is 9.18. The zero-order chi connectivity index (χ0) is 18.3. The molecule has 4 rings (SSSR count). The Bertz CT molecular complexity index is 1060. The number of nitrogens with zero attached hydrogens (tertiary/aromatic N) is 4. The second kappa shape index (κ2) is 6.45. The SMILES string of the molecule is O=C(O)c1cc2cc(S(=O)(=O)N3CCCC(n4ccnn4)C3)ccc2s1. The maximum atomic E-state index is 13.1. The van der Waals surface area contributed by atoms with E-state index in [4.69, 9.17) is 5.11 Å². The summed E-state index contributed by atoms with van der Waals surface area (Å²) in [4.78, 5) is 11.5. The van der Waals surface area contributed by atoms with E-state index >= 15 is 0 Å². The number of carboxylic acids is 1. The van der Waals surface area contributed by atoms with Crippen molar-refractivity contribution in [3.8, 4) is 0 Å². The van der Waals surface area contributed by atoms with Gasteiger partial charge in [0.15, 0.2) is 0 Å².